The van der Waals surface area contributed by atoms with Crippen molar-refractivity contribution in [3.8, 4) is 5.75 Å². The van der Waals surface area contributed by atoms with Gasteiger partial charge < -0.3 is 15.0 Å². The Kier molecular flexibility index (Phi) is 6.32. The molecule has 5 heteroatoms. The molecule has 0 aromatic heterocycles. The van der Waals surface area contributed by atoms with Gasteiger partial charge in [-0.05, 0) is 30.7 Å². The Hall–Kier alpha value is -2.40. The molecule has 0 aliphatic carbocycles. The highest BCUT2D eigenvalue weighted by atomic mass is 19.1. The molecule has 0 fully saturated rings. The Morgan fingerprint density at radius 2 is 1.96 bits per heavy atom. The second-order valence-corrected chi connectivity index (χ2v) is 5.98. The Morgan fingerprint density at radius 3 is 2.58 bits per heavy atom. The summed E-state index contributed by atoms with van der Waals surface area (Å²) in [5.41, 5.74) is 1.90. The monoisotopic (exact) mass is 331 g/mol. The fraction of sp³-hybridized carbons (Fsp3) is 0.316. The van der Waals surface area contributed by atoms with E-state index in [1.54, 1.807) is 6.07 Å². The van der Waals surface area contributed by atoms with Crippen LogP contribution in [0.1, 0.15) is 24.1 Å². The minimum atomic E-state index is -0.384. The molecule has 2 aromatic carbocycles. The van der Waals surface area contributed by atoms with Crippen LogP contribution in [0.5, 0.6) is 5.75 Å². The van der Waals surface area contributed by atoms with Crippen molar-refractivity contribution in [1.29, 1.82) is 0 Å². The molecule has 0 radical (unpaired) electrons. The van der Waals surface area contributed by atoms with Gasteiger partial charge in [0.05, 0.1) is 20.2 Å². The summed E-state index contributed by atoms with van der Waals surface area (Å²) in [5.74, 6) is -0.186. The number of quaternary nitrogens is 1. The average molecular weight is 331 g/mol. The summed E-state index contributed by atoms with van der Waals surface area (Å²) in [6.07, 6.45) is 0. The Morgan fingerprint density at radius 1 is 1.25 bits per heavy atom. The zero-order chi connectivity index (χ0) is 17.5. The third kappa shape index (κ3) is 5.06. The van der Waals surface area contributed by atoms with E-state index in [0.29, 0.717) is 13.1 Å². The number of amides is 1. The summed E-state index contributed by atoms with van der Waals surface area (Å²) < 4.78 is 18.6. The number of carbonyl (C=O) groups excluding carboxylic acids is 1. The van der Waals surface area contributed by atoms with Crippen molar-refractivity contribution >= 4 is 5.91 Å². The van der Waals surface area contributed by atoms with E-state index in [-0.39, 0.29) is 23.5 Å². The number of carbonyl (C=O) groups is 1. The summed E-state index contributed by atoms with van der Waals surface area (Å²) in [6, 6.07) is 14.7. The Balaban J connectivity index is 1.86. The van der Waals surface area contributed by atoms with E-state index in [1.165, 1.54) is 13.2 Å². The fourth-order valence-corrected chi connectivity index (χ4v) is 2.62. The van der Waals surface area contributed by atoms with Gasteiger partial charge in [-0.15, -0.1) is 0 Å². The predicted molar refractivity (Wildman–Crippen MR) is 91.4 cm³/mol. The molecule has 24 heavy (non-hydrogen) atoms. The summed E-state index contributed by atoms with van der Waals surface area (Å²) >= 11 is 0. The van der Waals surface area contributed by atoms with Crippen LogP contribution in [-0.4, -0.2) is 26.6 Å². The van der Waals surface area contributed by atoms with E-state index in [9.17, 15) is 9.18 Å². The summed E-state index contributed by atoms with van der Waals surface area (Å²) in [5, 5.41) is 2.99. The van der Waals surface area contributed by atoms with Gasteiger partial charge in [-0.1, -0.05) is 30.3 Å². The molecular weight excluding hydrogens is 307 g/mol. The largest absolute Gasteiger partial charge is 0.494 e. The lowest BCUT2D eigenvalue weighted by Crippen LogP contribution is -3.08. The highest BCUT2D eigenvalue weighted by molar-refractivity contribution is 5.77. The first-order valence-corrected chi connectivity index (χ1v) is 7.97. The summed E-state index contributed by atoms with van der Waals surface area (Å²) in [6.45, 7) is 2.85. The SMILES string of the molecule is COc1ccc(C[NH+](C)CC(=O)N[C@H](C)c2ccccc2)cc1F. The number of likely N-dealkylation sites (N-methyl/N-ethyl adjacent to an activating group) is 1. The standard InChI is InChI=1S/C19H23FN2O2/c1-14(16-7-5-4-6-8-16)21-19(23)13-22(2)12-15-9-10-18(24-3)17(20)11-15/h4-11,14H,12-13H2,1-3H3,(H,21,23)/p+1/t14-/m1/s1. The highest BCUT2D eigenvalue weighted by Crippen LogP contribution is 2.17. The van der Waals surface area contributed by atoms with E-state index < -0.39 is 0 Å². The van der Waals surface area contributed by atoms with Crippen LogP contribution in [-0.2, 0) is 11.3 Å². The Bertz CT molecular complexity index is 676. The first kappa shape index (κ1) is 17.9. The van der Waals surface area contributed by atoms with Gasteiger partial charge in [-0.3, -0.25) is 4.79 Å². The normalized spacial score (nSPS) is 13.2. The Labute approximate surface area is 142 Å². The quantitative estimate of drug-likeness (QED) is 0.811. The van der Waals surface area contributed by atoms with Crippen molar-refractivity contribution < 1.29 is 18.8 Å². The van der Waals surface area contributed by atoms with Crippen LogP contribution in [0.3, 0.4) is 0 Å². The van der Waals surface area contributed by atoms with Gasteiger partial charge in [0.2, 0.25) is 0 Å². The number of methoxy groups -OCH3 is 1. The van der Waals surface area contributed by atoms with Gasteiger partial charge in [0.1, 0.15) is 6.54 Å². The average Bonchev–Trinajstić information content (AvgIpc) is 2.55. The number of ether oxygens (including phenoxy) is 1. The number of hydrogen-bond donors (Lipinski definition) is 2. The van der Waals surface area contributed by atoms with Gasteiger partial charge in [0.25, 0.3) is 5.91 Å². The van der Waals surface area contributed by atoms with E-state index in [4.69, 9.17) is 4.74 Å². The minimum Gasteiger partial charge on any atom is -0.494 e. The number of rotatable bonds is 7. The van der Waals surface area contributed by atoms with Crippen LogP contribution < -0.4 is 15.0 Å². The number of nitrogens with one attached hydrogen (secondary N) is 2. The van der Waals surface area contributed by atoms with E-state index in [1.807, 2.05) is 50.4 Å². The molecule has 2 atom stereocenters. The molecule has 0 spiro atoms. The van der Waals surface area contributed by atoms with Crippen LogP contribution in [0.25, 0.3) is 0 Å². The van der Waals surface area contributed by atoms with Gasteiger partial charge in [-0.25, -0.2) is 4.39 Å². The maximum Gasteiger partial charge on any atom is 0.275 e. The molecule has 0 heterocycles. The smallest absolute Gasteiger partial charge is 0.275 e. The molecule has 4 nitrogen and oxygen atoms in total. The molecule has 1 amide bonds. The predicted octanol–water partition coefficient (Wildman–Crippen LogP) is 1.73. The lowest BCUT2D eigenvalue weighted by atomic mass is 10.1. The molecule has 1 unspecified atom stereocenters. The van der Waals surface area contributed by atoms with Crippen LogP contribution in [0.4, 0.5) is 4.39 Å². The van der Waals surface area contributed by atoms with E-state index in [0.717, 1.165) is 16.0 Å². The molecule has 0 aliphatic heterocycles. The zero-order valence-corrected chi connectivity index (χ0v) is 14.3. The lowest BCUT2D eigenvalue weighted by Gasteiger charge is -2.17. The van der Waals surface area contributed by atoms with Gasteiger partial charge in [0.15, 0.2) is 18.1 Å². The summed E-state index contributed by atoms with van der Waals surface area (Å²) in [7, 11) is 3.35. The van der Waals surface area contributed by atoms with E-state index >= 15 is 0 Å². The molecule has 0 aliphatic rings. The molecule has 0 saturated heterocycles. The van der Waals surface area contributed by atoms with Crippen LogP contribution in [0, 0.1) is 5.82 Å². The third-order valence-corrected chi connectivity index (χ3v) is 3.86. The van der Waals surface area contributed by atoms with Crippen LogP contribution in [0.2, 0.25) is 0 Å². The molecule has 2 aromatic rings. The van der Waals surface area contributed by atoms with Crippen molar-refractivity contribution in [3.05, 3.63) is 65.5 Å². The number of benzene rings is 2. The molecular formula is C19H24FN2O2+. The molecule has 128 valence electrons. The van der Waals surface area contributed by atoms with Crippen molar-refractivity contribution in [2.75, 3.05) is 20.7 Å². The first-order chi connectivity index (χ1) is 11.5. The second-order valence-electron chi connectivity index (χ2n) is 5.98. The molecule has 2 N–H and O–H groups in total. The number of hydrogen-bond acceptors (Lipinski definition) is 2. The van der Waals surface area contributed by atoms with Gasteiger partial charge >= 0.3 is 0 Å². The van der Waals surface area contributed by atoms with E-state index in [2.05, 4.69) is 5.32 Å². The topological polar surface area (TPSA) is 42.8 Å². The van der Waals surface area contributed by atoms with Gasteiger partial charge in [-0.2, -0.15) is 0 Å². The minimum absolute atomic E-state index is 0.0298. The van der Waals surface area contributed by atoms with Crippen LogP contribution in [0.15, 0.2) is 48.5 Å². The maximum atomic E-state index is 13.7. The van der Waals surface area contributed by atoms with Crippen molar-refractivity contribution in [1.82, 2.24) is 5.32 Å². The maximum absolute atomic E-state index is 13.7. The molecule has 2 rings (SSSR count). The first-order valence-electron chi connectivity index (χ1n) is 7.97. The van der Waals surface area contributed by atoms with Gasteiger partial charge in [0, 0.05) is 5.56 Å². The van der Waals surface area contributed by atoms with Crippen molar-refractivity contribution in [2.24, 2.45) is 0 Å². The van der Waals surface area contributed by atoms with Crippen molar-refractivity contribution in [3.63, 3.8) is 0 Å². The lowest BCUT2D eigenvalue weighted by molar-refractivity contribution is -0.885. The summed E-state index contributed by atoms with van der Waals surface area (Å²) in [4.78, 5) is 13.2. The number of halogens is 1. The highest BCUT2D eigenvalue weighted by Gasteiger charge is 2.15. The molecule has 0 bridgehead atoms. The second kappa shape index (κ2) is 8.45. The zero-order valence-electron chi connectivity index (χ0n) is 14.3. The van der Waals surface area contributed by atoms with Crippen LogP contribution >= 0.6 is 0 Å². The van der Waals surface area contributed by atoms with Crippen molar-refractivity contribution in [2.45, 2.75) is 19.5 Å². The molecule has 0 saturated carbocycles. The fourth-order valence-electron chi connectivity index (χ4n) is 2.62. The third-order valence-electron chi connectivity index (χ3n) is 3.86.